The molecule has 5 nitrogen and oxygen atoms in total. The van der Waals surface area contributed by atoms with E-state index in [9.17, 15) is 4.79 Å². The van der Waals surface area contributed by atoms with E-state index in [4.69, 9.17) is 4.52 Å². The summed E-state index contributed by atoms with van der Waals surface area (Å²) < 4.78 is 5.18. The van der Waals surface area contributed by atoms with Crippen molar-refractivity contribution in [2.45, 2.75) is 77.7 Å². The summed E-state index contributed by atoms with van der Waals surface area (Å²) in [4.78, 5) is 16.3. The summed E-state index contributed by atoms with van der Waals surface area (Å²) in [5.41, 5.74) is 0. The molecule has 1 aromatic heterocycles. The van der Waals surface area contributed by atoms with E-state index in [1.54, 1.807) is 0 Å². The van der Waals surface area contributed by atoms with Gasteiger partial charge in [-0.15, -0.1) is 0 Å². The van der Waals surface area contributed by atoms with Crippen molar-refractivity contribution in [1.29, 1.82) is 0 Å². The molecule has 2 rings (SSSR count). The highest BCUT2D eigenvalue weighted by atomic mass is 16.5. The molecule has 1 aromatic rings. The molecule has 0 spiro atoms. The van der Waals surface area contributed by atoms with E-state index in [-0.39, 0.29) is 11.8 Å². The Hall–Kier alpha value is -1.39. The number of hydrogen-bond donors (Lipinski definition) is 1. The Labute approximate surface area is 126 Å². The summed E-state index contributed by atoms with van der Waals surface area (Å²) in [5.74, 6) is 2.41. The molecule has 1 fully saturated rings. The van der Waals surface area contributed by atoms with Crippen molar-refractivity contribution in [2.24, 2.45) is 5.92 Å². The van der Waals surface area contributed by atoms with E-state index in [1.165, 1.54) is 19.3 Å². The number of aromatic nitrogens is 2. The Morgan fingerprint density at radius 1 is 1.38 bits per heavy atom. The van der Waals surface area contributed by atoms with E-state index in [0.29, 0.717) is 30.7 Å². The molecule has 118 valence electrons. The van der Waals surface area contributed by atoms with Gasteiger partial charge in [0.1, 0.15) is 0 Å². The average Bonchev–Trinajstić information content (AvgIpc) is 2.90. The van der Waals surface area contributed by atoms with Crippen LogP contribution >= 0.6 is 0 Å². The standard InChI is InChI=1S/C16H27N3O2/c1-11(2)16-18-15(21-19-16)10-6-9-14(20)17-13-8-5-4-7-12(13)3/h11-13H,4-10H2,1-3H3,(H,17,20)/t12-,13-/m0/s1. The molecule has 0 aromatic carbocycles. The van der Waals surface area contributed by atoms with Crippen molar-refractivity contribution >= 4 is 5.91 Å². The van der Waals surface area contributed by atoms with Crippen molar-refractivity contribution in [1.82, 2.24) is 15.5 Å². The van der Waals surface area contributed by atoms with Crippen LogP contribution in [0.2, 0.25) is 0 Å². The molecule has 0 saturated heterocycles. The Kier molecular flexibility index (Phi) is 5.76. The van der Waals surface area contributed by atoms with Crippen molar-refractivity contribution < 1.29 is 9.32 Å². The van der Waals surface area contributed by atoms with Gasteiger partial charge in [-0.2, -0.15) is 4.98 Å². The summed E-state index contributed by atoms with van der Waals surface area (Å²) in [6.07, 6.45) is 6.83. The lowest BCUT2D eigenvalue weighted by Gasteiger charge is -2.29. The molecule has 0 bridgehead atoms. The zero-order valence-corrected chi connectivity index (χ0v) is 13.4. The summed E-state index contributed by atoms with van der Waals surface area (Å²) >= 11 is 0. The lowest BCUT2D eigenvalue weighted by Crippen LogP contribution is -2.40. The molecular weight excluding hydrogens is 266 g/mol. The highest BCUT2D eigenvalue weighted by Gasteiger charge is 2.22. The van der Waals surface area contributed by atoms with Crippen molar-refractivity contribution in [2.75, 3.05) is 0 Å². The maximum atomic E-state index is 12.0. The molecule has 1 aliphatic rings. The molecule has 0 radical (unpaired) electrons. The van der Waals surface area contributed by atoms with Gasteiger partial charge in [0.25, 0.3) is 0 Å². The fraction of sp³-hybridized carbons (Fsp3) is 0.812. The van der Waals surface area contributed by atoms with Crippen LogP contribution in [0.15, 0.2) is 4.52 Å². The zero-order valence-electron chi connectivity index (χ0n) is 13.4. The smallest absolute Gasteiger partial charge is 0.226 e. The number of nitrogens with zero attached hydrogens (tertiary/aromatic N) is 2. The molecule has 1 N–H and O–H groups in total. The van der Waals surface area contributed by atoms with Crippen LogP contribution in [0.4, 0.5) is 0 Å². The van der Waals surface area contributed by atoms with Gasteiger partial charge in [-0.1, -0.05) is 38.8 Å². The monoisotopic (exact) mass is 293 g/mol. The number of aryl methyl sites for hydroxylation is 1. The lowest BCUT2D eigenvalue weighted by atomic mass is 9.86. The first-order chi connectivity index (χ1) is 10.1. The lowest BCUT2D eigenvalue weighted by molar-refractivity contribution is -0.122. The largest absolute Gasteiger partial charge is 0.353 e. The molecule has 0 unspecified atom stereocenters. The number of rotatable bonds is 6. The van der Waals surface area contributed by atoms with E-state index in [2.05, 4.69) is 22.4 Å². The molecule has 2 atom stereocenters. The predicted octanol–water partition coefficient (Wildman–Crippen LogP) is 3.21. The fourth-order valence-corrected chi connectivity index (χ4v) is 2.81. The van der Waals surface area contributed by atoms with Crippen LogP contribution in [0.3, 0.4) is 0 Å². The first-order valence-corrected chi connectivity index (χ1v) is 8.18. The molecule has 1 amide bonds. The van der Waals surface area contributed by atoms with Gasteiger partial charge >= 0.3 is 0 Å². The number of carbonyl (C=O) groups is 1. The van der Waals surface area contributed by atoms with Crippen molar-refractivity contribution in [3.63, 3.8) is 0 Å². The number of nitrogens with one attached hydrogen (secondary N) is 1. The minimum atomic E-state index is 0.150. The van der Waals surface area contributed by atoms with E-state index in [0.717, 1.165) is 18.7 Å². The van der Waals surface area contributed by atoms with Crippen LogP contribution < -0.4 is 5.32 Å². The quantitative estimate of drug-likeness (QED) is 0.874. The van der Waals surface area contributed by atoms with Crippen molar-refractivity contribution in [3.05, 3.63) is 11.7 Å². The summed E-state index contributed by atoms with van der Waals surface area (Å²) in [5, 5.41) is 7.10. The molecule has 1 aliphatic carbocycles. The normalized spacial score (nSPS) is 22.5. The molecule has 1 heterocycles. The number of amides is 1. The molecule has 21 heavy (non-hydrogen) atoms. The molecule has 0 aliphatic heterocycles. The Morgan fingerprint density at radius 3 is 2.81 bits per heavy atom. The van der Waals surface area contributed by atoms with Crippen LogP contribution in [0.5, 0.6) is 0 Å². The van der Waals surface area contributed by atoms with Crippen molar-refractivity contribution in [3.8, 4) is 0 Å². The van der Waals surface area contributed by atoms with Gasteiger partial charge < -0.3 is 9.84 Å². The number of carbonyl (C=O) groups excluding carboxylic acids is 1. The molecule has 1 saturated carbocycles. The molecule has 5 heteroatoms. The van der Waals surface area contributed by atoms with Crippen LogP contribution in [0.25, 0.3) is 0 Å². The highest BCUT2D eigenvalue weighted by Crippen LogP contribution is 2.23. The van der Waals surface area contributed by atoms with Gasteiger partial charge in [0.05, 0.1) is 0 Å². The second kappa shape index (κ2) is 7.57. The minimum Gasteiger partial charge on any atom is -0.353 e. The van der Waals surface area contributed by atoms with E-state index < -0.39 is 0 Å². The Bertz CT molecular complexity index is 456. The van der Waals surface area contributed by atoms with Gasteiger partial charge in [0.2, 0.25) is 11.8 Å². The highest BCUT2D eigenvalue weighted by molar-refractivity contribution is 5.76. The molecular formula is C16H27N3O2. The van der Waals surface area contributed by atoms with Crippen LogP contribution in [0.1, 0.15) is 76.9 Å². The zero-order chi connectivity index (χ0) is 15.2. The first-order valence-electron chi connectivity index (χ1n) is 8.18. The van der Waals surface area contributed by atoms with Gasteiger partial charge in [0.15, 0.2) is 5.82 Å². The Morgan fingerprint density at radius 2 is 2.14 bits per heavy atom. The third-order valence-corrected chi connectivity index (χ3v) is 4.25. The average molecular weight is 293 g/mol. The predicted molar refractivity (Wildman–Crippen MR) is 80.9 cm³/mol. The second-order valence-electron chi connectivity index (χ2n) is 6.49. The SMILES string of the molecule is CC(C)c1noc(CCCC(=O)N[C@H]2CCCC[C@@H]2C)n1. The number of hydrogen-bond acceptors (Lipinski definition) is 4. The van der Waals surface area contributed by atoms with Gasteiger partial charge in [-0.05, 0) is 25.2 Å². The summed E-state index contributed by atoms with van der Waals surface area (Å²) in [6.45, 7) is 6.30. The van der Waals surface area contributed by atoms with Crippen LogP contribution in [0, 0.1) is 5.92 Å². The van der Waals surface area contributed by atoms with Crippen LogP contribution in [-0.2, 0) is 11.2 Å². The van der Waals surface area contributed by atoms with E-state index >= 15 is 0 Å². The topological polar surface area (TPSA) is 68.0 Å². The third kappa shape index (κ3) is 4.83. The van der Waals surface area contributed by atoms with Gasteiger partial charge in [0, 0.05) is 24.8 Å². The first kappa shape index (κ1) is 16.0. The van der Waals surface area contributed by atoms with Crippen LogP contribution in [-0.4, -0.2) is 22.1 Å². The van der Waals surface area contributed by atoms with Gasteiger partial charge in [-0.3, -0.25) is 4.79 Å². The fourth-order valence-electron chi connectivity index (χ4n) is 2.81. The second-order valence-corrected chi connectivity index (χ2v) is 6.49. The minimum absolute atomic E-state index is 0.150. The summed E-state index contributed by atoms with van der Waals surface area (Å²) in [6, 6.07) is 0.363. The maximum Gasteiger partial charge on any atom is 0.226 e. The Balaban J connectivity index is 1.68. The maximum absolute atomic E-state index is 12.0. The summed E-state index contributed by atoms with van der Waals surface area (Å²) in [7, 11) is 0. The van der Waals surface area contributed by atoms with E-state index in [1.807, 2.05) is 13.8 Å². The van der Waals surface area contributed by atoms with Gasteiger partial charge in [-0.25, -0.2) is 0 Å². The third-order valence-electron chi connectivity index (χ3n) is 4.25.